The lowest BCUT2D eigenvalue weighted by atomic mass is 9.93. The van der Waals surface area contributed by atoms with E-state index in [-0.39, 0.29) is 0 Å². The molecule has 4 heteroatoms. The summed E-state index contributed by atoms with van der Waals surface area (Å²) in [5.74, 6) is 0.645. The standard InChI is InChI=1S/C16H28N4/c1-19(2)16(7-3-4-8-16)12-20-13-18-11-15(20)14-6-5-9-17-10-14/h11,13-14,17H,3-10,12H2,1-2H3. The van der Waals surface area contributed by atoms with Crippen molar-refractivity contribution in [3.05, 3.63) is 18.2 Å². The highest BCUT2D eigenvalue weighted by atomic mass is 15.2. The van der Waals surface area contributed by atoms with Crippen molar-refractivity contribution in [3.63, 3.8) is 0 Å². The van der Waals surface area contributed by atoms with E-state index in [1.807, 2.05) is 6.33 Å². The van der Waals surface area contributed by atoms with Gasteiger partial charge in [0.2, 0.25) is 0 Å². The van der Waals surface area contributed by atoms with E-state index >= 15 is 0 Å². The SMILES string of the molecule is CN(C)C1(Cn2cncc2C2CCCNC2)CCCC1. The number of hydrogen-bond acceptors (Lipinski definition) is 3. The molecule has 1 aromatic heterocycles. The van der Waals surface area contributed by atoms with E-state index in [4.69, 9.17) is 0 Å². The Hall–Kier alpha value is -0.870. The number of nitrogens with zero attached hydrogens (tertiary/aromatic N) is 3. The number of nitrogens with one attached hydrogen (secondary N) is 1. The van der Waals surface area contributed by atoms with E-state index in [0.29, 0.717) is 11.5 Å². The highest BCUT2D eigenvalue weighted by Gasteiger charge is 2.37. The number of rotatable bonds is 4. The van der Waals surface area contributed by atoms with E-state index in [2.05, 4.69) is 40.1 Å². The van der Waals surface area contributed by atoms with Crippen molar-refractivity contribution in [2.45, 2.75) is 56.5 Å². The van der Waals surface area contributed by atoms with Crippen LogP contribution in [0.4, 0.5) is 0 Å². The summed E-state index contributed by atoms with van der Waals surface area (Å²) in [7, 11) is 4.48. The molecule has 1 unspecified atom stereocenters. The molecular formula is C16H28N4. The molecule has 4 nitrogen and oxygen atoms in total. The Balaban J connectivity index is 1.78. The van der Waals surface area contributed by atoms with Crippen molar-refractivity contribution in [3.8, 4) is 0 Å². The molecule has 1 N–H and O–H groups in total. The van der Waals surface area contributed by atoms with Gasteiger partial charge in [-0.1, -0.05) is 12.8 Å². The van der Waals surface area contributed by atoms with Crippen LogP contribution in [0.5, 0.6) is 0 Å². The molecule has 1 atom stereocenters. The van der Waals surface area contributed by atoms with Gasteiger partial charge in [-0.25, -0.2) is 4.98 Å². The summed E-state index contributed by atoms with van der Waals surface area (Å²) in [6.07, 6.45) is 12.1. The average Bonchev–Trinajstić information content (AvgIpc) is 3.10. The van der Waals surface area contributed by atoms with Gasteiger partial charge < -0.3 is 14.8 Å². The van der Waals surface area contributed by atoms with Crippen molar-refractivity contribution < 1.29 is 0 Å². The fourth-order valence-corrected chi connectivity index (χ4v) is 4.00. The number of hydrogen-bond donors (Lipinski definition) is 1. The monoisotopic (exact) mass is 276 g/mol. The van der Waals surface area contributed by atoms with Crippen LogP contribution in [0.25, 0.3) is 0 Å². The van der Waals surface area contributed by atoms with Crippen molar-refractivity contribution in [1.82, 2.24) is 19.8 Å². The van der Waals surface area contributed by atoms with Crippen molar-refractivity contribution >= 4 is 0 Å². The zero-order valence-electron chi connectivity index (χ0n) is 12.9. The molecule has 1 aromatic rings. The van der Waals surface area contributed by atoms with Gasteiger partial charge in [0, 0.05) is 36.4 Å². The summed E-state index contributed by atoms with van der Waals surface area (Å²) in [4.78, 5) is 6.89. The van der Waals surface area contributed by atoms with Crippen LogP contribution in [-0.4, -0.2) is 47.2 Å². The first-order valence-corrected chi connectivity index (χ1v) is 8.09. The first-order valence-electron chi connectivity index (χ1n) is 8.09. The minimum atomic E-state index is 0.345. The van der Waals surface area contributed by atoms with Crippen LogP contribution < -0.4 is 5.32 Å². The highest BCUT2D eigenvalue weighted by Crippen LogP contribution is 2.36. The maximum absolute atomic E-state index is 4.45. The molecule has 1 aliphatic heterocycles. The highest BCUT2D eigenvalue weighted by molar-refractivity contribution is 5.10. The molecule has 3 rings (SSSR count). The van der Waals surface area contributed by atoms with E-state index in [1.165, 1.54) is 50.8 Å². The lowest BCUT2D eigenvalue weighted by Gasteiger charge is -2.37. The number of likely N-dealkylation sites (N-methyl/N-ethyl adjacent to an activating group) is 1. The Morgan fingerprint density at radius 3 is 2.80 bits per heavy atom. The fraction of sp³-hybridized carbons (Fsp3) is 0.812. The van der Waals surface area contributed by atoms with Crippen molar-refractivity contribution in [2.75, 3.05) is 27.2 Å². The summed E-state index contributed by atoms with van der Waals surface area (Å²) >= 11 is 0. The van der Waals surface area contributed by atoms with E-state index in [1.54, 1.807) is 0 Å². The van der Waals surface area contributed by atoms with E-state index < -0.39 is 0 Å². The molecule has 112 valence electrons. The minimum Gasteiger partial charge on any atom is -0.332 e. The third kappa shape index (κ3) is 2.63. The smallest absolute Gasteiger partial charge is 0.0948 e. The molecule has 2 heterocycles. The van der Waals surface area contributed by atoms with Crippen molar-refractivity contribution in [1.29, 1.82) is 0 Å². The predicted octanol–water partition coefficient (Wildman–Crippen LogP) is 2.22. The third-order valence-electron chi connectivity index (χ3n) is 5.41. The quantitative estimate of drug-likeness (QED) is 0.915. The largest absolute Gasteiger partial charge is 0.332 e. The van der Waals surface area contributed by atoms with Crippen LogP contribution in [0.2, 0.25) is 0 Å². The van der Waals surface area contributed by atoms with E-state index in [9.17, 15) is 0 Å². The van der Waals surface area contributed by atoms with Crippen LogP contribution in [0, 0.1) is 0 Å². The second-order valence-corrected chi connectivity index (χ2v) is 6.82. The molecule has 0 amide bonds. The Morgan fingerprint density at radius 1 is 1.35 bits per heavy atom. The molecule has 1 aliphatic carbocycles. The third-order valence-corrected chi connectivity index (χ3v) is 5.41. The lowest BCUT2D eigenvalue weighted by Crippen LogP contribution is -2.45. The van der Waals surface area contributed by atoms with Gasteiger partial charge in [-0.15, -0.1) is 0 Å². The van der Waals surface area contributed by atoms with Crippen LogP contribution in [0.1, 0.15) is 50.1 Å². The summed E-state index contributed by atoms with van der Waals surface area (Å²) < 4.78 is 2.43. The van der Waals surface area contributed by atoms with E-state index in [0.717, 1.165) is 13.1 Å². The topological polar surface area (TPSA) is 33.1 Å². The van der Waals surface area contributed by atoms with Gasteiger partial charge in [0.15, 0.2) is 0 Å². The summed E-state index contributed by atoms with van der Waals surface area (Å²) in [5, 5.41) is 3.52. The molecular weight excluding hydrogens is 248 g/mol. The fourth-order valence-electron chi connectivity index (χ4n) is 4.00. The van der Waals surface area contributed by atoms with Crippen molar-refractivity contribution in [2.24, 2.45) is 0 Å². The Bertz CT molecular complexity index is 425. The van der Waals surface area contributed by atoms with Gasteiger partial charge in [0.05, 0.1) is 6.33 Å². The Morgan fingerprint density at radius 2 is 2.15 bits per heavy atom. The molecule has 2 aliphatic rings. The zero-order chi connectivity index (χ0) is 14.0. The molecule has 1 saturated carbocycles. The number of aromatic nitrogens is 2. The first-order chi connectivity index (χ1) is 9.71. The minimum absolute atomic E-state index is 0.345. The molecule has 0 radical (unpaired) electrons. The molecule has 20 heavy (non-hydrogen) atoms. The molecule has 1 saturated heterocycles. The number of imidazole rings is 1. The van der Waals surface area contributed by atoms with Gasteiger partial charge in [-0.3, -0.25) is 0 Å². The van der Waals surface area contributed by atoms with Gasteiger partial charge in [-0.05, 0) is 46.3 Å². The first kappa shape index (κ1) is 14.1. The summed E-state index contributed by atoms with van der Waals surface area (Å²) in [6, 6.07) is 0. The van der Waals surface area contributed by atoms with Crippen LogP contribution >= 0.6 is 0 Å². The summed E-state index contributed by atoms with van der Waals surface area (Å²) in [5.41, 5.74) is 1.78. The number of piperidine rings is 1. The summed E-state index contributed by atoms with van der Waals surface area (Å²) in [6.45, 7) is 3.39. The Kier molecular flexibility index (Phi) is 4.13. The normalized spacial score (nSPS) is 26.2. The molecule has 0 aromatic carbocycles. The van der Waals surface area contributed by atoms with Gasteiger partial charge in [0.25, 0.3) is 0 Å². The maximum Gasteiger partial charge on any atom is 0.0948 e. The molecule has 0 bridgehead atoms. The van der Waals surface area contributed by atoms with Gasteiger partial charge in [0.1, 0.15) is 0 Å². The second kappa shape index (κ2) is 5.86. The zero-order valence-corrected chi connectivity index (χ0v) is 12.9. The molecule has 2 fully saturated rings. The average molecular weight is 276 g/mol. The predicted molar refractivity (Wildman–Crippen MR) is 82.0 cm³/mol. The lowest BCUT2D eigenvalue weighted by molar-refractivity contribution is 0.132. The van der Waals surface area contributed by atoms with Crippen LogP contribution in [-0.2, 0) is 6.54 Å². The Labute approximate surface area is 122 Å². The maximum atomic E-state index is 4.45. The van der Waals surface area contributed by atoms with Gasteiger partial charge >= 0.3 is 0 Å². The van der Waals surface area contributed by atoms with Gasteiger partial charge in [-0.2, -0.15) is 0 Å². The molecule has 0 spiro atoms. The van der Waals surface area contributed by atoms with Crippen LogP contribution in [0.15, 0.2) is 12.5 Å². The van der Waals surface area contributed by atoms with Crippen LogP contribution in [0.3, 0.4) is 0 Å². The second-order valence-electron chi connectivity index (χ2n) is 6.82.